The van der Waals surface area contributed by atoms with Gasteiger partial charge in [-0.25, -0.2) is 4.98 Å². The van der Waals surface area contributed by atoms with Crippen LogP contribution in [0.3, 0.4) is 0 Å². The quantitative estimate of drug-likeness (QED) is 0.351. The van der Waals surface area contributed by atoms with E-state index in [9.17, 15) is 0 Å². The van der Waals surface area contributed by atoms with Crippen molar-refractivity contribution in [1.29, 1.82) is 0 Å². The number of hydrogen-bond acceptors (Lipinski definition) is 1. The Labute approximate surface area is 173 Å². The third-order valence-electron chi connectivity index (χ3n) is 5.43. The molecule has 0 aliphatic heterocycles. The van der Waals surface area contributed by atoms with Gasteiger partial charge in [-0.3, -0.25) is 4.57 Å². The van der Waals surface area contributed by atoms with E-state index >= 15 is 0 Å². The average molecular weight is 381 g/mol. The van der Waals surface area contributed by atoms with E-state index in [2.05, 4.69) is 105 Å². The van der Waals surface area contributed by atoms with Crippen molar-refractivity contribution in [3.8, 4) is 28.2 Å². The Balaban J connectivity index is 2.01. The average Bonchev–Trinajstić information content (AvgIpc) is 3.20. The van der Waals surface area contributed by atoms with E-state index in [1.807, 2.05) is 12.3 Å². The van der Waals surface area contributed by atoms with Gasteiger partial charge in [0.25, 0.3) is 0 Å². The van der Waals surface area contributed by atoms with Crippen molar-refractivity contribution < 1.29 is 0 Å². The molecule has 29 heavy (non-hydrogen) atoms. The fourth-order valence-electron chi connectivity index (χ4n) is 3.77. The molecule has 0 amide bonds. The third kappa shape index (κ3) is 3.75. The Bertz CT molecular complexity index is 1090. The van der Waals surface area contributed by atoms with Crippen LogP contribution in [0, 0.1) is 0 Å². The van der Waals surface area contributed by atoms with Crippen molar-refractivity contribution in [2.75, 3.05) is 0 Å². The number of nitrogens with zero attached hydrogens (tertiary/aromatic N) is 2. The van der Waals surface area contributed by atoms with E-state index in [4.69, 9.17) is 4.98 Å². The molecule has 146 valence electrons. The smallest absolute Gasteiger partial charge is 0.144 e. The highest BCUT2D eigenvalue weighted by molar-refractivity contribution is 5.76. The maximum Gasteiger partial charge on any atom is 0.144 e. The topological polar surface area (TPSA) is 17.8 Å². The second-order valence-electron chi connectivity index (χ2n) is 8.16. The number of aromatic nitrogens is 2. The van der Waals surface area contributed by atoms with Crippen LogP contribution in [0.1, 0.15) is 50.8 Å². The van der Waals surface area contributed by atoms with Gasteiger partial charge in [-0.05, 0) is 35.1 Å². The lowest BCUT2D eigenvalue weighted by atomic mass is 9.95. The summed E-state index contributed by atoms with van der Waals surface area (Å²) in [4.78, 5) is 4.84. The highest BCUT2D eigenvalue weighted by atomic mass is 15.1. The van der Waals surface area contributed by atoms with Gasteiger partial charge in [-0.15, -0.1) is 0 Å². The molecule has 1 aromatic heterocycles. The molecule has 0 aliphatic rings. The molecular weight excluding hydrogens is 352 g/mol. The van der Waals surface area contributed by atoms with Crippen LogP contribution in [0.25, 0.3) is 28.2 Å². The molecule has 0 fully saturated rings. The molecule has 0 radical (unpaired) electrons. The molecule has 4 aromatic rings. The van der Waals surface area contributed by atoms with Gasteiger partial charge in [-0.1, -0.05) is 94.4 Å². The fraction of sp³-hybridized carbons (Fsp3) is 0.222. The highest BCUT2D eigenvalue weighted by Crippen LogP contribution is 2.35. The van der Waals surface area contributed by atoms with Gasteiger partial charge in [0.2, 0.25) is 0 Å². The molecule has 2 heteroatoms. The molecule has 0 atom stereocenters. The fourth-order valence-corrected chi connectivity index (χ4v) is 3.77. The van der Waals surface area contributed by atoms with Gasteiger partial charge in [0.15, 0.2) is 0 Å². The largest absolute Gasteiger partial charge is 0.296 e. The second kappa shape index (κ2) is 8.08. The van der Waals surface area contributed by atoms with Crippen LogP contribution >= 0.6 is 0 Å². The van der Waals surface area contributed by atoms with E-state index in [1.54, 1.807) is 0 Å². The van der Waals surface area contributed by atoms with Gasteiger partial charge in [0, 0.05) is 23.0 Å². The molecule has 2 nitrogen and oxygen atoms in total. The van der Waals surface area contributed by atoms with Crippen LogP contribution in [-0.2, 0) is 0 Å². The summed E-state index contributed by atoms with van der Waals surface area (Å²) >= 11 is 0. The van der Waals surface area contributed by atoms with E-state index in [0.29, 0.717) is 11.8 Å². The Hall–Kier alpha value is -3.13. The summed E-state index contributed by atoms with van der Waals surface area (Å²) in [5.74, 6) is 1.84. The number of imidazole rings is 1. The summed E-state index contributed by atoms with van der Waals surface area (Å²) in [6.45, 7) is 8.95. The first-order chi connectivity index (χ1) is 14.1. The van der Waals surface area contributed by atoms with Crippen molar-refractivity contribution in [3.63, 3.8) is 0 Å². The molecule has 0 bridgehead atoms. The Morgan fingerprint density at radius 2 is 1.31 bits per heavy atom. The highest BCUT2D eigenvalue weighted by Gasteiger charge is 2.19. The molecule has 3 aromatic carbocycles. The Morgan fingerprint density at radius 1 is 0.690 bits per heavy atom. The molecular formula is C27H28N2. The summed E-state index contributed by atoms with van der Waals surface area (Å²) < 4.78 is 2.34. The maximum absolute atomic E-state index is 4.84. The van der Waals surface area contributed by atoms with Crippen LogP contribution in [-0.4, -0.2) is 9.55 Å². The standard InChI is InChI=1S/C27H28N2/c1-19(2)23-15-16-25(24(17-23)21-11-7-5-8-12-21)29-26(20(3)4)18-28-27(29)22-13-9-6-10-14-22/h5-20H,1-4H3. The maximum atomic E-state index is 4.84. The lowest BCUT2D eigenvalue weighted by Crippen LogP contribution is -2.06. The first-order valence-corrected chi connectivity index (χ1v) is 10.4. The van der Waals surface area contributed by atoms with Crippen LogP contribution in [0.5, 0.6) is 0 Å². The summed E-state index contributed by atoms with van der Waals surface area (Å²) in [6, 6.07) is 28.0. The van der Waals surface area contributed by atoms with Crippen LogP contribution < -0.4 is 0 Å². The number of benzene rings is 3. The van der Waals surface area contributed by atoms with Gasteiger partial charge in [0.05, 0.1) is 5.69 Å². The van der Waals surface area contributed by atoms with Crippen molar-refractivity contribution >= 4 is 0 Å². The molecule has 0 aliphatic carbocycles. The normalized spacial score (nSPS) is 11.4. The molecule has 4 rings (SSSR count). The lowest BCUT2D eigenvalue weighted by Gasteiger charge is -2.20. The number of hydrogen-bond donors (Lipinski definition) is 0. The number of rotatable bonds is 5. The lowest BCUT2D eigenvalue weighted by molar-refractivity contribution is 0.789. The van der Waals surface area contributed by atoms with Crippen molar-refractivity contribution in [3.05, 3.63) is 96.3 Å². The van der Waals surface area contributed by atoms with Crippen LogP contribution in [0.4, 0.5) is 0 Å². The summed E-state index contributed by atoms with van der Waals surface area (Å²) in [5, 5.41) is 0. The van der Waals surface area contributed by atoms with Crippen LogP contribution in [0.2, 0.25) is 0 Å². The first kappa shape index (κ1) is 19.2. The zero-order chi connectivity index (χ0) is 20.4. The molecule has 0 saturated heterocycles. The van der Waals surface area contributed by atoms with Gasteiger partial charge < -0.3 is 0 Å². The minimum Gasteiger partial charge on any atom is -0.296 e. The SMILES string of the molecule is CC(C)c1ccc(-n2c(C(C)C)cnc2-c2ccccc2)c(-c2ccccc2)c1. The van der Waals surface area contributed by atoms with E-state index in [1.165, 1.54) is 28.1 Å². The predicted octanol–water partition coefficient (Wildman–Crippen LogP) is 7.45. The second-order valence-corrected chi connectivity index (χ2v) is 8.16. The van der Waals surface area contributed by atoms with Crippen LogP contribution in [0.15, 0.2) is 85.1 Å². The van der Waals surface area contributed by atoms with Gasteiger partial charge in [-0.2, -0.15) is 0 Å². The zero-order valence-electron chi connectivity index (χ0n) is 17.6. The molecule has 0 unspecified atom stereocenters. The van der Waals surface area contributed by atoms with E-state index in [0.717, 1.165) is 11.4 Å². The zero-order valence-corrected chi connectivity index (χ0v) is 17.6. The van der Waals surface area contributed by atoms with Gasteiger partial charge in [0.1, 0.15) is 5.82 Å². The van der Waals surface area contributed by atoms with Crippen molar-refractivity contribution in [1.82, 2.24) is 9.55 Å². The molecule has 0 saturated carbocycles. The summed E-state index contributed by atoms with van der Waals surface area (Å²) in [6.07, 6.45) is 2.03. The van der Waals surface area contributed by atoms with Gasteiger partial charge >= 0.3 is 0 Å². The van der Waals surface area contributed by atoms with Crippen molar-refractivity contribution in [2.24, 2.45) is 0 Å². The first-order valence-electron chi connectivity index (χ1n) is 10.4. The minimum absolute atomic E-state index is 0.369. The molecule has 0 spiro atoms. The monoisotopic (exact) mass is 380 g/mol. The Morgan fingerprint density at radius 3 is 1.90 bits per heavy atom. The summed E-state index contributed by atoms with van der Waals surface area (Å²) in [7, 11) is 0. The van der Waals surface area contributed by atoms with E-state index < -0.39 is 0 Å². The molecule has 0 N–H and O–H groups in total. The predicted molar refractivity (Wildman–Crippen MR) is 123 cm³/mol. The van der Waals surface area contributed by atoms with Crippen molar-refractivity contribution in [2.45, 2.75) is 39.5 Å². The third-order valence-corrected chi connectivity index (χ3v) is 5.43. The molecule has 1 heterocycles. The minimum atomic E-state index is 0.369. The summed E-state index contributed by atoms with van der Waals surface area (Å²) in [5.41, 5.74) is 7.35. The van der Waals surface area contributed by atoms with E-state index in [-0.39, 0.29) is 0 Å². The Kier molecular flexibility index (Phi) is 5.35.